The molecule has 1 saturated carbocycles. The van der Waals surface area contributed by atoms with Gasteiger partial charge in [-0.1, -0.05) is 0 Å². The zero-order valence-corrected chi connectivity index (χ0v) is 11.6. The SMILES string of the molecule is CC(C)(C)OC(=O)N1CCCC2CCC(=O)CC21. The molecule has 0 N–H and O–H groups in total. The topological polar surface area (TPSA) is 46.6 Å². The van der Waals surface area contributed by atoms with Gasteiger partial charge in [-0.05, 0) is 46.0 Å². The molecule has 0 aromatic rings. The molecule has 2 rings (SSSR count). The summed E-state index contributed by atoms with van der Waals surface area (Å²) in [7, 11) is 0. The number of amides is 1. The molecule has 2 fully saturated rings. The lowest BCUT2D eigenvalue weighted by molar-refractivity contribution is -0.124. The first kappa shape index (κ1) is 13.4. The van der Waals surface area contributed by atoms with E-state index in [9.17, 15) is 9.59 Å². The van der Waals surface area contributed by atoms with Gasteiger partial charge in [0.25, 0.3) is 0 Å². The van der Waals surface area contributed by atoms with Gasteiger partial charge in [0.05, 0.1) is 0 Å². The van der Waals surface area contributed by atoms with Gasteiger partial charge in [0, 0.05) is 25.4 Å². The van der Waals surface area contributed by atoms with Gasteiger partial charge in [-0.3, -0.25) is 4.79 Å². The highest BCUT2D eigenvalue weighted by Crippen LogP contribution is 2.34. The van der Waals surface area contributed by atoms with Gasteiger partial charge in [-0.15, -0.1) is 0 Å². The first-order valence-corrected chi connectivity index (χ1v) is 6.88. The van der Waals surface area contributed by atoms with Crippen molar-refractivity contribution in [1.82, 2.24) is 4.90 Å². The van der Waals surface area contributed by atoms with E-state index in [4.69, 9.17) is 4.74 Å². The minimum absolute atomic E-state index is 0.0786. The molecule has 0 aromatic carbocycles. The first-order chi connectivity index (χ1) is 8.37. The van der Waals surface area contributed by atoms with Crippen LogP contribution in [-0.2, 0) is 9.53 Å². The molecule has 1 aliphatic carbocycles. The van der Waals surface area contributed by atoms with Crippen LogP contribution in [0.3, 0.4) is 0 Å². The predicted molar refractivity (Wildman–Crippen MR) is 68.3 cm³/mol. The van der Waals surface area contributed by atoms with E-state index in [-0.39, 0.29) is 17.9 Å². The molecule has 2 atom stereocenters. The van der Waals surface area contributed by atoms with Gasteiger partial charge in [-0.25, -0.2) is 4.79 Å². The van der Waals surface area contributed by atoms with Gasteiger partial charge in [-0.2, -0.15) is 0 Å². The van der Waals surface area contributed by atoms with Crippen LogP contribution in [0, 0.1) is 5.92 Å². The number of fused-ring (bicyclic) bond motifs is 1. The van der Waals surface area contributed by atoms with Crippen LogP contribution in [0.2, 0.25) is 0 Å². The summed E-state index contributed by atoms with van der Waals surface area (Å²) in [6, 6.07) is 0.0786. The molecular weight excluding hydrogens is 230 g/mol. The number of hydrogen-bond acceptors (Lipinski definition) is 3. The van der Waals surface area contributed by atoms with Crippen LogP contribution in [-0.4, -0.2) is 35.0 Å². The van der Waals surface area contributed by atoms with Crippen molar-refractivity contribution in [2.75, 3.05) is 6.54 Å². The molecule has 2 aliphatic rings. The van der Waals surface area contributed by atoms with Crippen LogP contribution < -0.4 is 0 Å². The van der Waals surface area contributed by atoms with Crippen LogP contribution in [0.15, 0.2) is 0 Å². The molecule has 2 unspecified atom stereocenters. The third-order valence-corrected chi connectivity index (χ3v) is 3.78. The van der Waals surface area contributed by atoms with Crippen LogP contribution in [0.25, 0.3) is 0 Å². The average molecular weight is 253 g/mol. The maximum Gasteiger partial charge on any atom is 0.410 e. The Morgan fingerprint density at radius 1 is 1.33 bits per heavy atom. The molecule has 1 amide bonds. The highest BCUT2D eigenvalue weighted by Gasteiger charge is 2.39. The Kier molecular flexibility index (Phi) is 3.64. The Bertz CT molecular complexity index is 345. The molecule has 4 nitrogen and oxygen atoms in total. The first-order valence-electron chi connectivity index (χ1n) is 6.88. The number of piperidine rings is 1. The van der Waals surface area contributed by atoms with E-state index in [1.54, 1.807) is 4.90 Å². The fourth-order valence-corrected chi connectivity index (χ4v) is 2.98. The molecule has 102 valence electrons. The highest BCUT2D eigenvalue weighted by atomic mass is 16.6. The number of hydrogen-bond donors (Lipinski definition) is 0. The van der Waals surface area contributed by atoms with Gasteiger partial charge in [0.2, 0.25) is 0 Å². The number of nitrogens with zero attached hydrogens (tertiary/aromatic N) is 1. The number of carbonyl (C=O) groups is 2. The van der Waals surface area contributed by atoms with Crippen LogP contribution in [0.4, 0.5) is 4.79 Å². The normalized spacial score (nSPS) is 28.8. The summed E-state index contributed by atoms with van der Waals surface area (Å²) in [6.45, 7) is 6.35. The monoisotopic (exact) mass is 253 g/mol. The molecule has 4 heteroatoms. The van der Waals surface area contributed by atoms with E-state index in [2.05, 4.69) is 0 Å². The molecule has 0 aromatic heterocycles. The maximum absolute atomic E-state index is 12.2. The number of rotatable bonds is 0. The van der Waals surface area contributed by atoms with Crippen LogP contribution >= 0.6 is 0 Å². The van der Waals surface area contributed by atoms with Crippen molar-refractivity contribution < 1.29 is 14.3 Å². The van der Waals surface area contributed by atoms with Crippen molar-refractivity contribution in [3.63, 3.8) is 0 Å². The molecule has 1 saturated heterocycles. The Morgan fingerprint density at radius 2 is 2.06 bits per heavy atom. The van der Waals surface area contributed by atoms with E-state index < -0.39 is 5.60 Å². The van der Waals surface area contributed by atoms with Crippen molar-refractivity contribution >= 4 is 11.9 Å². The lowest BCUT2D eigenvalue weighted by atomic mass is 9.78. The summed E-state index contributed by atoms with van der Waals surface area (Å²) >= 11 is 0. The minimum Gasteiger partial charge on any atom is -0.444 e. The smallest absolute Gasteiger partial charge is 0.410 e. The fourth-order valence-electron chi connectivity index (χ4n) is 2.98. The number of ether oxygens (including phenoxy) is 1. The number of carbonyl (C=O) groups excluding carboxylic acids is 2. The van der Waals surface area contributed by atoms with Gasteiger partial charge < -0.3 is 9.64 Å². The van der Waals surface area contributed by atoms with E-state index in [1.165, 1.54) is 0 Å². The molecule has 0 spiro atoms. The Morgan fingerprint density at radius 3 is 2.72 bits per heavy atom. The molecule has 1 heterocycles. The van der Waals surface area contributed by atoms with E-state index in [0.29, 0.717) is 18.8 Å². The second-order valence-electron chi connectivity index (χ2n) is 6.42. The van der Waals surface area contributed by atoms with Crippen molar-refractivity contribution in [2.24, 2.45) is 5.92 Å². The summed E-state index contributed by atoms with van der Waals surface area (Å²) in [5, 5.41) is 0. The quantitative estimate of drug-likeness (QED) is 0.667. The van der Waals surface area contributed by atoms with Gasteiger partial charge in [0.15, 0.2) is 0 Å². The summed E-state index contributed by atoms with van der Waals surface area (Å²) < 4.78 is 5.44. The third-order valence-electron chi connectivity index (χ3n) is 3.78. The Balaban J connectivity index is 2.06. The zero-order chi connectivity index (χ0) is 13.3. The van der Waals surface area contributed by atoms with Gasteiger partial charge in [0.1, 0.15) is 11.4 Å². The fraction of sp³-hybridized carbons (Fsp3) is 0.857. The standard InChI is InChI=1S/C14H23NO3/c1-14(2,3)18-13(17)15-8-4-5-10-6-7-11(16)9-12(10)15/h10,12H,4-9H2,1-3H3. The molecular formula is C14H23NO3. The van der Waals surface area contributed by atoms with Crippen molar-refractivity contribution in [3.8, 4) is 0 Å². The van der Waals surface area contributed by atoms with Crippen molar-refractivity contribution in [2.45, 2.75) is 64.5 Å². The zero-order valence-electron chi connectivity index (χ0n) is 11.6. The highest BCUT2D eigenvalue weighted by molar-refractivity contribution is 5.81. The maximum atomic E-state index is 12.2. The summed E-state index contributed by atoms with van der Waals surface area (Å²) in [5.74, 6) is 0.774. The number of likely N-dealkylation sites (tertiary alicyclic amines) is 1. The molecule has 0 bridgehead atoms. The Labute approximate surface area is 109 Å². The van der Waals surface area contributed by atoms with E-state index in [1.807, 2.05) is 20.8 Å². The van der Waals surface area contributed by atoms with E-state index in [0.717, 1.165) is 25.8 Å². The average Bonchev–Trinajstić information content (AvgIpc) is 2.25. The van der Waals surface area contributed by atoms with Crippen molar-refractivity contribution in [1.29, 1.82) is 0 Å². The van der Waals surface area contributed by atoms with E-state index >= 15 is 0 Å². The molecule has 1 aliphatic heterocycles. The largest absolute Gasteiger partial charge is 0.444 e. The van der Waals surface area contributed by atoms with Gasteiger partial charge >= 0.3 is 6.09 Å². The second-order valence-corrected chi connectivity index (χ2v) is 6.42. The number of Topliss-reactive ketones (excluding diaryl/α,β-unsaturated/α-hetero) is 1. The summed E-state index contributed by atoms with van der Waals surface area (Å²) in [5.41, 5.74) is -0.470. The van der Waals surface area contributed by atoms with Crippen molar-refractivity contribution in [3.05, 3.63) is 0 Å². The Hall–Kier alpha value is -1.06. The lowest BCUT2D eigenvalue weighted by Crippen LogP contribution is -2.52. The summed E-state index contributed by atoms with van der Waals surface area (Å²) in [6.07, 6.45) is 4.04. The second kappa shape index (κ2) is 4.90. The minimum atomic E-state index is -0.470. The predicted octanol–water partition coefficient (Wildman–Crippen LogP) is 2.76. The lowest BCUT2D eigenvalue weighted by Gasteiger charge is -2.43. The molecule has 18 heavy (non-hydrogen) atoms. The molecule has 0 radical (unpaired) electrons. The summed E-state index contributed by atoms with van der Waals surface area (Å²) in [4.78, 5) is 25.5. The number of ketones is 1. The van der Waals surface area contributed by atoms with Crippen LogP contribution in [0.5, 0.6) is 0 Å². The third kappa shape index (κ3) is 3.03. The van der Waals surface area contributed by atoms with Crippen LogP contribution in [0.1, 0.15) is 52.9 Å².